The van der Waals surface area contributed by atoms with Crippen molar-refractivity contribution in [3.8, 4) is 5.88 Å². The van der Waals surface area contributed by atoms with Gasteiger partial charge in [0.05, 0.1) is 19.0 Å². The molecule has 13 heteroatoms. The van der Waals surface area contributed by atoms with E-state index in [-0.39, 0.29) is 35.7 Å². The molecule has 0 saturated carbocycles. The highest BCUT2D eigenvalue weighted by Gasteiger charge is 2.61. The Hall–Kier alpha value is -1.85. The molecule has 2 aliphatic rings. The molecule has 0 aliphatic carbocycles. The van der Waals surface area contributed by atoms with Gasteiger partial charge in [0, 0.05) is 0 Å². The maximum atomic E-state index is 15.6. The molecule has 2 aromatic heterocycles. The maximum absolute atomic E-state index is 15.6. The summed E-state index contributed by atoms with van der Waals surface area (Å²) >= 11 is 0. The van der Waals surface area contributed by atoms with Crippen molar-refractivity contribution in [2.45, 2.75) is 51.0 Å². The van der Waals surface area contributed by atoms with Crippen molar-refractivity contribution in [3.63, 3.8) is 0 Å². The first-order valence-electron chi connectivity index (χ1n) is 8.25. The molecule has 0 bridgehead atoms. The number of anilines is 1. The molecule has 1 unspecified atom stereocenters. The van der Waals surface area contributed by atoms with Crippen molar-refractivity contribution in [1.29, 1.82) is 0 Å². The van der Waals surface area contributed by atoms with Crippen LogP contribution in [-0.4, -0.2) is 55.0 Å². The summed E-state index contributed by atoms with van der Waals surface area (Å²) < 4.78 is 49.5. The number of nitrogens with two attached hydrogens (primary N) is 1. The summed E-state index contributed by atoms with van der Waals surface area (Å²) in [6, 6.07) is 0. The summed E-state index contributed by atoms with van der Waals surface area (Å²) in [5.41, 5.74) is 4.08. The fraction of sp³-hybridized carbons (Fsp3) is 0.643. The summed E-state index contributed by atoms with van der Waals surface area (Å²) in [6.45, 7) is 4.57. The molecule has 2 aliphatic heterocycles. The first-order chi connectivity index (χ1) is 12.6. The zero-order valence-corrected chi connectivity index (χ0v) is 15.7. The largest absolute Gasteiger partial charge is 0.473 e. The summed E-state index contributed by atoms with van der Waals surface area (Å²) in [5, 5.41) is 0. The molecule has 3 N–H and O–H groups in total. The summed E-state index contributed by atoms with van der Waals surface area (Å²) in [5.74, 6) is 0.0944. The molecule has 0 spiro atoms. The van der Waals surface area contributed by atoms with Crippen molar-refractivity contribution in [1.82, 2.24) is 19.5 Å². The maximum Gasteiger partial charge on any atom is 0.472 e. The van der Waals surface area contributed by atoms with Crippen LogP contribution in [0.2, 0.25) is 0 Å². The lowest BCUT2D eigenvalue weighted by molar-refractivity contribution is -0.0667. The van der Waals surface area contributed by atoms with E-state index in [0.717, 1.165) is 0 Å². The van der Waals surface area contributed by atoms with Crippen molar-refractivity contribution in [2.75, 3.05) is 12.3 Å². The van der Waals surface area contributed by atoms with Crippen LogP contribution in [0.3, 0.4) is 0 Å². The smallest absolute Gasteiger partial charge is 0.472 e. The number of nitrogens with zero attached hydrogens (tertiary/aromatic N) is 4. The van der Waals surface area contributed by atoms with Crippen LogP contribution in [0, 0.1) is 0 Å². The van der Waals surface area contributed by atoms with Gasteiger partial charge in [0.25, 0.3) is 0 Å². The van der Waals surface area contributed by atoms with Gasteiger partial charge in [-0.2, -0.15) is 9.97 Å². The molecular formula is C14H19FN5O6P. The molecule has 2 fully saturated rings. The molecule has 0 aromatic carbocycles. The standard InChI is InChI=1S/C14H19FN5O6P/c1-6(2)24-11-8-10(18-13(16)19-11)20(5-17-8)12-14(3,15)9-7(25-12)4-23-27(21,22)26-9/h5-7,9,12H,4H2,1-3H3,(H,21,22)(H2,16,18,19)/t7-,9-,12-,14-/m1/s1. The average Bonchev–Trinajstić information content (AvgIpc) is 3.05. The lowest BCUT2D eigenvalue weighted by Crippen LogP contribution is -2.44. The second-order valence-corrected chi connectivity index (χ2v) is 8.25. The molecule has 5 atom stereocenters. The number of alkyl halides is 1. The van der Waals surface area contributed by atoms with Gasteiger partial charge in [0.2, 0.25) is 11.8 Å². The van der Waals surface area contributed by atoms with E-state index in [1.807, 2.05) is 13.8 Å². The number of imidazole rings is 1. The molecular weight excluding hydrogens is 384 g/mol. The third kappa shape index (κ3) is 3.07. The number of ether oxygens (including phenoxy) is 2. The van der Waals surface area contributed by atoms with E-state index in [1.165, 1.54) is 17.8 Å². The van der Waals surface area contributed by atoms with E-state index in [2.05, 4.69) is 15.0 Å². The van der Waals surface area contributed by atoms with Crippen LogP contribution in [0.15, 0.2) is 6.33 Å². The Morgan fingerprint density at radius 2 is 2.26 bits per heavy atom. The van der Waals surface area contributed by atoms with Crippen LogP contribution in [0.25, 0.3) is 11.2 Å². The molecule has 4 rings (SSSR count). The van der Waals surface area contributed by atoms with Crippen LogP contribution >= 0.6 is 7.82 Å². The fourth-order valence-electron chi connectivity index (χ4n) is 3.23. The Bertz CT molecular complexity index is 936. The number of hydrogen-bond donors (Lipinski definition) is 2. The minimum atomic E-state index is -4.33. The predicted octanol–water partition coefficient (Wildman–Crippen LogP) is 1.34. The number of nitrogen functional groups attached to an aromatic ring is 1. The molecule has 0 radical (unpaired) electrons. The predicted molar refractivity (Wildman–Crippen MR) is 89.6 cm³/mol. The van der Waals surface area contributed by atoms with Gasteiger partial charge in [-0.1, -0.05) is 0 Å². The first-order valence-corrected chi connectivity index (χ1v) is 9.75. The van der Waals surface area contributed by atoms with E-state index < -0.39 is 31.9 Å². The summed E-state index contributed by atoms with van der Waals surface area (Å²) in [6.07, 6.45) is -2.27. The fourth-order valence-corrected chi connectivity index (χ4v) is 4.26. The number of phosphoric acid groups is 1. The number of aromatic nitrogens is 4. The van der Waals surface area contributed by atoms with E-state index in [0.29, 0.717) is 0 Å². The SMILES string of the molecule is CC(C)Oc1nc(N)nc2c1ncn2[C@@H]1O[C@@H]2COP(=O)(O)O[C@H]2[C@@]1(C)F. The number of phosphoric ester groups is 1. The van der Waals surface area contributed by atoms with Gasteiger partial charge < -0.3 is 20.1 Å². The first kappa shape index (κ1) is 18.5. The highest BCUT2D eigenvalue weighted by molar-refractivity contribution is 7.47. The van der Waals surface area contributed by atoms with Gasteiger partial charge in [-0.3, -0.25) is 13.6 Å². The molecule has 2 aromatic rings. The zero-order chi connectivity index (χ0) is 19.6. The molecule has 27 heavy (non-hydrogen) atoms. The Morgan fingerprint density at radius 3 is 2.96 bits per heavy atom. The van der Waals surface area contributed by atoms with Crippen molar-refractivity contribution < 1.29 is 32.4 Å². The molecule has 2 saturated heterocycles. The van der Waals surface area contributed by atoms with Crippen LogP contribution in [0.1, 0.15) is 27.0 Å². The monoisotopic (exact) mass is 403 g/mol. The van der Waals surface area contributed by atoms with E-state index in [4.69, 9.17) is 24.3 Å². The third-order valence-electron chi connectivity index (χ3n) is 4.34. The van der Waals surface area contributed by atoms with Crippen LogP contribution in [0.5, 0.6) is 5.88 Å². The summed E-state index contributed by atoms with van der Waals surface area (Å²) in [7, 11) is -4.33. The highest BCUT2D eigenvalue weighted by Crippen LogP contribution is 2.56. The minimum Gasteiger partial charge on any atom is -0.473 e. The lowest BCUT2D eigenvalue weighted by atomic mass is 9.98. The number of rotatable bonds is 3. The highest BCUT2D eigenvalue weighted by atomic mass is 31.2. The number of halogens is 1. The van der Waals surface area contributed by atoms with Crippen LogP contribution < -0.4 is 10.5 Å². The Balaban J connectivity index is 1.77. The van der Waals surface area contributed by atoms with Crippen molar-refractivity contribution >= 4 is 24.9 Å². The molecule has 11 nitrogen and oxygen atoms in total. The van der Waals surface area contributed by atoms with Gasteiger partial charge >= 0.3 is 7.82 Å². The van der Waals surface area contributed by atoms with Crippen LogP contribution in [0.4, 0.5) is 10.3 Å². The van der Waals surface area contributed by atoms with Gasteiger partial charge in [-0.05, 0) is 20.8 Å². The topological polar surface area (TPSA) is 144 Å². The zero-order valence-electron chi connectivity index (χ0n) is 14.8. The average molecular weight is 403 g/mol. The van der Waals surface area contributed by atoms with Crippen LogP contribution in [-0.2, 0) is 18.3 Å². The third-order valence-corrected chi connectivity index (χ3v) is 5.30. The van der Waals surface area contributed by atoms with Gasteiger partial charge in [0.1, 0.15) is 12.2 Å². The van der Waals surface area contributed by atoms with E-state index in [1.54, 1.807) is 0 Å². The normalized spacial score (nSPS) is 36.3. The molecule has 148 valence electrons. The second-order valence-electron chi connectivity index (χ2n) is 6.85. The number of fused-ring (bicyclic) bond motifs is 2. The van der Waals surface area contributed by atoms with Gasteiger partial charge in [0.15, 0.2) is 23.1 Å². The summed E-state index contributed by atoms with van der Waals surface area (Å²) in [4.78, 5) is 21.9. The minimum absolute atomic E-state index is 0.0738. The van der Waals surface area contributed by atoms with Gasteiger partial charge in [-0.25, -0.2) is 13.9 Å². The lowest BCUT2D eigenvalue weighted by Gasteiger charge is -2.31. The number of hydrogen-bond acceptors (Lipinski definition) is 9. The molecule has 0 amide bonds. The Labute approximate surface area is 153 Å². The molecule has 4 heterocycles. The van der Waals surface area contributed by atoms with E-state index in [9.17, 15) is 9.46 Å². The van der Waals surface area contributed by atoms with Gasteiger partial charge in [-0.15, -0.1) is 0 Å². The van der Waals surface area contributed by atoms with Crippen molar-refractivity contribution in [2.24, 2.45) is 0 Å². The quantitative estimate of drug-likeness (QED) is 0.720. The van der Waals surface area contributed by atoms with Crippen molar-refractivity contribution in [3.05, 3.63) is 6.33 Å². The Morgan fingerprint density at radius 1 is 1.52 bits per heavy atom. The van der Waals surface area contributed by atoms with E-state index >= 15 is 4.39 Å². The second kappa shape index (κ2) is 6.08. The Kier molecular flexibility index (Phi) is 4.17.